The lowest BCUT2D eigenvalue weighted by Crippen LogP contribution is -2.20. The third-order valence-electron chi connectivity index (χ3n) is 2.20. The van der Waals surface area contributed by atoms with Crippen LogP contribution in [0.25, 0.3) is 0 Å². The van der Waals surface area contributed by atoms with E-state index >= 15 is 0 Å². The van der Waals surface area contributed by atoms with Crippen LogP contribution in [0.3, 0.4) is 0 Å². The minimum atomic E-state index is -4.63. The molecule has 0 saturated carbocycles. The highest BCUT2D eigenvalue weighted by Crippen LogP contribution is 2.26. The molecule has 2 nitrogen and oxygen atoms in total. The first-order valence-electron chi connectivity index (χ1n) is 5.57. The minimum Gasteiger partial charge on any atom is -0.406 e. The molecule has 0 saturated heterocycles. The smallest absolute Gasteiger partial charge is 0.406 e. The fourth-order valence-corrected chi connectivity index (χ4v) is 1.46. The summed E-state index contributed by atoms with van der Waals surface area (Å²) in [6.07, 6.45) is -3.11. The van der Waals surface area contributed by atoms with Crippen LogP contribution in [0.15, 0.2) is 24.3 Å². The Hall–Kier alpha value is -1.23. The molecular weight excluding hydrogens is 231 g/mol. The number of para-hydroxylation sites is 1. The molecule has 0 fully saturated rings. The summed E-state index contributed by atoms with van der Waals surface area (Å²) >= 11 is 0. The SMILES string of the molecule is CCCNCCc1ccccc1OC(F)(F)F. The molecule has 0 atom stereocenters. The van der Waals surface area contributed by atoms with Crippen molar-refractivity contribution in [3.63, 3.8) is 0 Å². The van der Waals surface area contributed by atoms with Gasteiger partial charge in [0.15, 0.2) is 0 Å². The normalized spacial score (nSPS) is 11.5. The van der Waals surface area contributed by atoms with E-state index in [1.54, 1.807) is 12.1 Å². The number of ether oxygens (including phenoxy) is 1. The number of rotatable bonds is 6. The Morgan fingerprint density at radius 1 is 1.18 bits per heavy atom. The van der Waals surface area contributed by atoms with E-state index in [9.17, 15) is 13.2 Å². The van der Waals surface area contributed by atoms with Crippen LogP contribution in [0.4, 0.5) is 13.2 Å². The first kappa shape index (κ1) is 13.8. The second-order valence-corrected chi connectivity index (χ2v) is 3.66. The van der Waals surface area contributed by atoms with Crippen LogP contribution in [0.5, 0.6) is 5.75 Å². The molecule has 0 spiro atoms. The zero-order valence-corrected chi connectivity index (χ0v) is 9.68. The van der Waals surface area contributed by atoms with E-state index in [-0.39, 0.29) is 5.75 Å². The summed E-state index contributed by atoms with van der Waals surface area (Å²) < 4.78 is 40.3. The Labute approximate surface area is 98.8 Å². The maximum atomic E-state index is 12.1. The molecule has 1 N–H and O–H groups in total. The number of nitrogens with one attached hydrogen (secondary N) is 1. The highest BCUT2D eigenvalue weighted by molar-refractivity contribution is 5.33. The second-order valence-electron chi connectivity index (χ2n) is 3.66. The van der Waals surface area contributed by atoms with E-state index in [1.165, 1.54) is 12.1 Å². The third-order valence-corrected chi connectivity index (χ3v) is 2.20. The summed E-state index contributed by atoms with van der Waals surface area (Å²) in [5.74, 6) is -0.113. The van der Waals surface area contributed by atoms with E-state index < -0.39 is 6.36 Å². The van der Waals surface area contributed by atoms with Gasteiger partial charge in [0, 0.05) is 0 Å². The summed E-state index contributed by atoms with van der Waals surface area (Å²) in [6, 6.07) is 6.22. The van der Waals surface area contributed by atoms with Gasteiger partial charge < -0.3 is 10.1 Å². The van der Waals surface area contributed by atoms with E-state index in [0.717, 1.165) is 13.0 Å². The minimum absolute atomic E-state index is 0.113. The van der Waals surface area contributed by atoms with Crippen LogP contribution in [-0.2, 0) is 6.42 Å². The first-order valence-corrected chi connectivity index (χ1v) is 5.57. The van der Waals surface area contributed by atoms with Crippen molar-refractivity contribution in [1.29, 1.82) is 0 Å². The van der Waals surface area contributed by atoms with E-state index in [2.05, 4.69) is 10.1 Å². The molecule has 96 valence electrons. The highest BCUT2D eigenvalue weighted by atomic mass is 19.4. The van der Waals surface area contributed by atoms with Crippen LogP contribution in [0, 0.1) is 0 Å². The molecule has 0 bridgehead atoms. The van der Waals surface area contributed by atoms with Crippen LogP contribution >= 0.6 is 0 Å². The van der Waals surface area contributed by atoms with E-state index in [4.69, 9.17) is 0 Å². The zero-order valence-electron chi connectivity index (χ0n) is 9.68. The van der Waals surface area contributed by atoms with E-state index in [1.807, 2.05) is 6.92 Å². The van der Waals surface area contributed by atoms with Crippen molar-refractivity contribution in [3.05, 3.63) is 29.8 Å². The quantitative estimate of drug-likeness (QED) is 0.780. The Balaban J connectivity index is 2.58. The molecule has 17 heavy (non-hydrogen) atoms. The van der Waals surface area contributed by atoms with Gasteiger partial charge >= 0.3 is 6.36 Å². The molecule has 0 aliphatic carbocycles. The molecule has 1 aromatic carbocycles. The molecule has 0 aromatic heterocycles. The maximum absolute atomic E-state index is 12.1. The van der Waals surface area contributed by atoms with Gasteiger partial charge in [-0.15, -0.1) is 13.2 Å². The van der Waals surface area contributed by atoms with Crippen molar-refractivity contribution in [3.8, 4) is 5.75 Å². The molecule has 0 amide bonds. The first-order chi connectivity index (χ1) is 8.03. The summed E-state index contributed by atoms with van der Waals surface area (Å²) in [5.41, 5.74) is 0.563. The van der Waals surface area contributed by atoms with Crippen molar-refractivity contribution >= 4 is 0 Å². The lowest BCUT2D eigenvalue weighted by molar-refractivity contribution is -0.274. The lowest BCUT2D eigenvalue weighted by atomic mass is 10.1. The van der Waals surface area contributed by atoms with Gasteiger partial charge in [-0.25, -0.2) is 0 Å². The van der Waals surface area contributed by atoms with Gasteiger partial charge in [-0.3, -0.25) is 0 Å². The molecule has 0 heterocycles. The molecule has 0 aliphatic rings. The number of benzene rings is 1. The van der Waals surface area contributed by atoms with Gasteiger partial charge in [0.1, 0.15) is 5.75 Å². The van der Waals surface area contributed by atoms with Crippen LogP contribution < -0.4 is 10.1 Å². The predicted molar refractivity (Wildman–Crippen MR) is 60.0 cm³/mol. The number of alkyl halides is 3. The van der Waals surface area contributed by atoms with Crippen LogP contribution in [-0.4, -0.2) is 19.5 Å². The predicted octanol–water partition coefficient (Wildman–Crippen LogP) is 3.13. The van der Waals surface area contributed by atoms with Gasteiger partial charge in [0.05, 0.1) is 0 Å². The standard InChI is InChI=1S/C12H16F3NO/c1-2-8-16-9-7-10-5-3-4-6-11(10)17-12(13,14)15/h3-6,16H,2,7-9H2,1H3. The van der Waals surface area contributed by atoms with Gasteiger partial charge in [-0.05, 0) is 37.6 Å². The second kappa shape index (κ2) is 6.49. The molecule has 0 radical (unpaired) electrons. The third kappa shape index (κ3) is 5.58. The van der Waals surface area contributed by atoms with Crippen molar-refractivity contribution in [2.24, 2.45) is 0 Å². The summed E-state index contributed by atoms with van der Waals surface area (Å²) in [6.45, 7) is 3.54. The van der Waals surface area contributed by atoms with Crippen LogP contribution in [0.1, 0.15) is 18.9 Å². The Morgan fingerprint density at radius 3 is 2.53 bits per heavy atom. The lowest BCUT2D eigenvalue weighted by Gasteiger charge is -2.13. The monoisotopic (exact) mass is 247 g/mol. The highest BCUT2D eigenvalue weighted by Gasteiger charge is 2.31. The maximum Gasteiger partial charge on any atom is 0.573 e. The largest absolute Gasteiger partial charge is 0.573 e. The van der Waals surface area contributed by atoms with Gasteiger partial charge in [-0.2, -0.15) is 0 Å². The van der Waals surface area contributed by atoms with Crippen molar-refractivity contribution in [2.75, 3.05) is 13.1 Å². The molecule has 1 aromatic rings. The zero-order chi connectivity index (χ0) is 12.7. The molecule has 1 rings (SSSR count). The van der Waals surface area contributed by atoms with Gasteiger partial charge in [-0.1, -0.05) is 25.1 Å². The van der Waals surface area contributed by atoms with Crippen molar-refractivity contribution < 1.29 is 17.9 Å². The fourth-order valence-electron chi connectivity index (χ4n) is 1.46. The van der Waals surface area contributed by atoms with Crippen LogP contribution in [0.2, 0.25) is 0 Å². The molecule has 0 aliphatic heterocycles. The number of halogens is 3. The Kier molecular flexibility index (Phi) is 5.28. The van der Waals surface area contributed by atoms with Gasteiger partial charge in [0.25, 0.3) is 0 Å². The number of hydrogen-bond acceptors (Lipinski definition) is 2. The summed E-state index contributed by atoms with van der Waals surface area (Å²) in [7, 11) is 0. The van der Waals surface area contributed by atoms with Crippen molar-refractivity contribution in [2.45, 2.75) is 26.1 Å². The average molecular weight is 247 g/mol. The van der Waals surface area contributed by atoms with Crippen molar-refractivity contribution in [1.82, 2.24) is 5.32 Å². The summed E-state index contributed by atoms with van der Waals surface area (Å²) in [4.78, 5) is 0. The summed E-state index contributed by atoms with van der Waals surface area (Å²) in [5, 5.41) is 3.14. The average Bonchev–Trinajstić information content (AvgIpc) is 2.24. The Bertz CT molecular complexity index is 339. The fraction of sp³-hybridized carbons (Fsp3) is 0.500. The molecule has 5 heteroatoms. The topological polar surface area (TPSA) is 21.3 Å². The van der Waals surface area contributed by atoms with Gasteiger partial charge in [0.2, 0.25) is 0 Å². The Morgan fingerprint density at radius 2 is 1.88 bits per heavy atom. The molecule has 0 unspecified atom stereocenters. The van der Waals surface area contributed by atoms with E-state index in [0.29, 0.717) is 18.5 Å². The molecular formula is C12H16F3NO. The number of hydrogen-bond donors (Lipinski definition) is 1.